The number of halogens is 1. The van der Waals surface area contributed by atoms with Crippen molar-refractivity contribution < 1.29 is 4.39 Å². The molecule has 0 amide bonds. The molecule has 1 atom stereocenters. The van der Waals surface area contributed by atoms with E-state index in [-0.39, 0.29) is 16.7 Å². The maximum Gasteiger partial charge on any atom is 0.266 e. The minimum atomic E-state index is -1.89. The quantitative estimate of drug-likeness (QED) is 0.413. The van der Waals surface area contributed by atoms with Crippen molar-refractivity contribution in [2.24, 2.45) is 0 Å². The Bertz CT molecular complexity index is 1530. The molecule has 0 fully saturated rings. The van der Waals surface area contributed by atoms with Crippen LogP contribution >= 0.6 is 0 Å². The number of rotatable bonds is 5. The van der Waals surface area contributed by atoms with Gasteiger partial charge in [0, 0.05) is 0 Å². The van der Waals surface area contributed by atoms with Gasteiger partial charge in [0.15, 0.2) is 11.5 Å². The van der Waals surface area contributed by atoms with Crippen LogP contribution in [0.3, 0.4) is 0 Å². The van der Waals surface area contributed by atoms with E-state index in [1.165, 1.54) is 29.4 Å². The first-order valence-electron chi connectivity index (χ1n) is 9.88. The van der Waals surface area contributed by atoms with Crippen molar-refractivity contribution in [3.63, 3.8) is 0 Å². The summed E-state index contributed by atoms with van der Waals surface area (Å²) in [5, 5.41) is 1.29. The van der Waals surface area contributed by atoms with Crippen LogP contribution < -0.4 is 10.9 Å². The van der Waals surface area contributed by atoms with Gasteiger partial charge in [0.1, 0.15) is 23.5 Å². The molecule has 0 saturated heterocycles. The minimum absolute atomic E-state index is 0.0935. The molecule has 154 valence electrons. The number of benzene rings is 2. The smallest absolute Gasteiger partial charge is 0.266 e. The number of aromatic nitrogens is 6. The molecule has 0 bridgehead atoms. The van der Waals surface area contributed by atoms with Gasteiger partial charge in [-0.25, -0.2) is 24.3 Å². The van der Waals surface area contributed by atoms with E-state index in [0.29, 0.717) is 22.7 Å². The molecule has 0 aliphatic carbocycles. The Balaban J connectivity index is 1.79. The second-order valence-corrected chi connectivity index (χ2v) is 7.51. The highest BCUT2D eigenvalue weighted by Crippen LogP contribution is 2.35. The van der Waals surface area contributed by atoms with Crippen molar-refractivity contribution in [2.45, 2.75) is 11.2 Å². The van der Waals surface area contributed by atoms with Gasteiger partial charge in [-0.2, -0.15) is 0 Å². The number of hydrogen-bond donors (Lipinski definition) is 2. The van der Waals surface area contributed by atoms with E-state index in [1.54, 1.807) is 30.3 Å². The van der Waals surface area contributed by atoms with E-state index in [4.69, 9.17) is 23.5 Å². The Kier molecular flexibility index (Phi) is 5.00. The molecule has 3 aromatic heterocycles. The molecule has 0 unspecified atom stereocenters. The number of imidazole rings is 1. The Labute approximate surface area is 190 Å². The second kappa shape index (κ2) is 7.88. The lowest BCUT2D eigenvalue weighted by Gasteiger charge is -2.34. The summed E-state index contributed by atoms with van der Waals surface area (Å²) in [7, 11) is 18.5. The van der Waals surface area contributed by atoms with Crippen LogP contribution in [0.5, 0.6) is 0 Å². The molecule has 0 aliphatic heterocycles. The molecule has 0 aliphatic rings. The molecular weight excluding hydrogens is 418 g/mol. The predicted octanol–water partition coefficient (Wildman–Crippen LogP) is 1.92. The normalized spacial score (nSPS) is 12.8. The fourth-order valence-corrected chi connectivity index (χ4v) is 3.62. The molecule has 0 saturated carbocycles. The minimum Gasteiger partial charge on any atom is -0.360 e. The fraction of sp³-hybridized carbons (Fsp3) is 0.0952. The van der Waals surface area contributed by atoms with Crippen LogP contribution in [0, 0.1) is 5.82 Å². The number of nitrogens with zero attached hydrogens (tertiary/aromatic N) is 5. The molecule has 5 aromatic rings. The van der Waals surface area contributed by atoms with Gasteiger partial charge < -0.3 is 10.3 Å². The largest absolute Gasteiger partial charge is 0.360 e. The van der Waals surface area contributed by atoms with Gasteiger partial charge in [-0.15, -0.1) is 5.11 Å². The Morgan fingerprint density at radius 3 is 2.61 bits per heavy atom. The molecule has 2 aromatic carbocycles. The lowest BCUT2D eigenvalue weighted by atomic mass is 9.39. The zero-order valence-electron chi connectivity index (χ0n) is 17.1. The number of hydrogen-bond acceptors (Lipinski definition) is 6. The van der Waals surface area contributed by atoms with Crippen molar-refractivity contribution in [1.82, 2.24) is 29.5 Å². The average molecular weight is 431 g/mol. The Hall–Kier alpha value is -3.95. The number of fused-ring (bicyclic) bond motifs is 2. The Morgan fingerprint density at radius 2 is 1.85 bits per heavy atom. The van der Waals surface area contributed by atoms with E-state index in [0.717, 1.165) is 6.07 Å². The first-order chi connectivity index (χ1) is 15.8. The van der Waals surface area contributed by atoms with Gasteiger partial charge in [-0.05, 0) is 30.3 Å². The number of aromatic amines is 1. The van der Waals surface area contributed by atoms with Crippen molar-refractivity contribution in [3.05, 3.63) is 83.2 Å². The first-order valence-corrected chi connectivity index (χ1v) is 9.88. The standard InChI is InChI=1S/C21H13B3FN7O/c22-21(23,24)16(31-18-15-17(27-9-26-15)28-10-29-18)19-30-14-7-6-11(25)8-13(14)20(33)32(19)12-4-2-1-3-5-12/h1-10,16H,(H2,26,27,28,29,31)/t16-/m1/s1. The lowest BCUT2D eigenvalue weighted by molar-refractivity contribution is 0.628. The third-order valence-corrected chi connectivity index (χ3v) is 5.13. The van der Waals surface area contributed by atoms with E-state index in [1.807, 2.05) is 0 Å². The molecule has 6 radical (unpaired) electrons. The van der Waals surface area contributed by atoms with Gasteiger partial charge in [-0.1, -0.05) is 18.2 Å². The summed E-state index contributed by atoms with van der Waals surface area (Å²) in [6.07, 6.45) is 2.78. The number of H-pyrrole nitrogens is 1. The fourth-order valence-electron chi connectivity index (χ4n) is 3.62. The molecule has 2 N–H and O–H groups in total. The Morgan fingerprint density at radius 1 is 1.06 bits per heavy atom. The van der Waals surface area contributed by atoms with Crippen LogP contribution in [-0.4, -0.2) is 53.0 Å². The summed E-state index contributed by atoms with van der Waals surface area (Å²) in [5.41, 5.74) is 1.12. The number of para-hydroxylation sites is 1. The maximum atomic E-state index is 13.9. The molecular formula is C21H13B3FN7O. The van der Waals surface area contributed by atoms with Gasteiger partial charge in [0.2, 0.25) is 0 Å². The summed E-state index contributed by atoms with van der Waals surface area (Å²) >= 11 is 0. The van der Waals surface area contributed by atoms with Crippen LogP contribution in [0.4, 0.5) is 10.2 Å². The van der Waals surface area contributed by atoms with Crippen molar-refractivity contribution >= 4 is 51.4 Å². The van der Waals surface area contributed by atoms with Crippen molar-refractivity contribution in [3.8, 4) is 5.69 Å². The summed E-state index contributed by atoms with van der Waals surface area (Å²) in [6.45, 7) is 0. The molecule has 0 spiro atoms. The lowest BCUT2D eigenvalue weighted by Crippen LogP contribution is -2.36. The van der Waals surface area contributed by atoms with E-state index in [2.05, 4.69) is 30.2 Å². The second-order valence-electron chi connectivity index (χ2n) is 7.51. The SMILES string of the molecule is [B]C([B])([B])[C@H](Nc1ncnc2nc[nH]c12)c1nc2ccc(F)cc2c(=O)n1-c1ccccc1. The van der Waals surface area contributed by atoms with E-state index >= 15 is 0 Å². The summed E-state index contributed by atoms with van der Waals surface area (Å²) in [4.78, 5) is 33.5. The van der Waals surface area contributed by atoms with Crippen LogP contribution in [0.25, 0.3) is 27.8 Å². The molecule has 5 rings (SSSR count). The molecule has 8 nitrogen and oxygen atoms in total. The summed E-state index contributed by atoms with van der Waals surface area (Å²) in [6, 6.07) is 11.4. The van der Waals surface area contributed by atoms with Crippen LogP contribution in [0.15, 0.2) is 66.0 Å². The van der Waals surface area contributed by atoms with Crippen LogP contribution in [0.1, 0.15) is 11.9 Å². The van der Waals surface area contributed by atoms with E-state index in [9.17, 15) is 9.18 Å². The third kappa shape index (κ3) is 3.77. The van der Waals surface area contributed by atoms with Crippen LogP contribution in [0.2, 0.25) is 5.11 Å². The average Bonchev–Trinajstić information content (AvgIpc) is 3.27. The highest BCUT2D eigenvalue weighted by molar-refractivity contribution is 6.59. The molecule has 3 heterocycles. The van der Waals surface area contributed by atoms with Gasteiger partial charge >= 0.3 is 0 Å². The summed E-state index contributed by atoms with van der Waals surface area (Å²) < 4.78 is 15.2. The highest BCUT2D eigenvalue weighted by Gasteiger charge is 2.31. The van der Waals surface area contributed by atoms with Crippen molar-refractivity contribution in [2.75, 3.05) is 5.32 Å². The van der Waals surface area contributed by atoms with Gasteiger partial charge in [0.05, 0.1) is 52.5 Å². The summed E-state index contributed by atoms with van der Waals surface area (Å²) in [5.74, 6) is -0.137. The molecule has 33 heavy (non-hydrogen) atoms. The number of anilines is 1. The first kappa shape index (κ1) is 20.9. The van der Waals surface area contributed by atoms with E-state index < -0.39 is 22.5 Å². The van der Waals surface area contributed by atoms with Gasteiger partial charge in [0.25, 0.3) is 5.56 Å². The number of nitrogens with one attached hydrogen (secondary N) is 2. The third-order valence-electron chi connectivity index (χ3n) is 5.13. The zero-order chi connectivity index (χ0) is 23.2. The van der Waals surface area contributed by atoms with Crippen LogP contribution in [-0.2, 0) is 0 Å². The molecule has 12 heteroatoms. The topological polar surface area (TPSA) is 101 Å². The zero-order valence-corrected chi connectivity index (χ0v) is 17.1. The van der Waals surface area contributed by atoms with Crippen molar-refractivity contribution in [1.29, 1.82) is 0 Å². The predicted molar refractivity (Wildman–Crippen MR) is 125 cm³/mol. The highest BCUT2D eigenvalue weighted by atomic mass is 19.1. The monoisotopic (exact) mass is 431 g/mol. The maximum absolute atomic E-state index is 13.9. The van der Waals surface area contributed by atoms with Gasteiger partial charge in [-0.3, -0.25) is 9.36 Å².